The van der Waals surface area contributed by atoms with Gasteiger partial charge in [-0.05, 0) is 36.6 Å². The van der Waals surface area contributed by atoms with Crippen LogP contribution in [0.1, 0.15) is 28.9 Å². The SMILES string of the molecule is Cn1c2c(c(-c3cccc(N)c3)c1-c1ccnc(N)n1)C(=O)CCC2. The number of benzene rings is 1. The summed E-state index contributed by atoms with van der Waals surface area (Å²) in [5.74, 6) is 0.379. The number of nitrogens with two attached hydrogens (primary N) is 2. The highest BCUT2D eigenvalue weighted by atomic mass is 16.1. The second kappa shape index (κ2) is 5.73. The maximum atomic E-state index is 12.7. The van der Waals surface area contributed by atoms with E-state index in [1.165, 1.54) is 0 Å². The van der Waals surface area contributed by atoms with E-state index in [1.807, 2.05) is 37.4 Å². The molecule has 4 rings (SSSR count). The molecule has 0 saturated heterocycles. The van der Waals surface area contributed by atoms with E-state index in [0.29, 0.717) is 17.8 Å². The van der Waals surface area contributed by atoms with Crippen LogP contribution in [-0.4, -0.2) is 20.3 Å². The monoisotopic (exact) mass is 333 g/mol. The summed E-state index contributed by atoms with van der Waals surface area (Å²) in [6.07, 6.45) is 3.94. The molecule has 2 aromatic heterocycles. The quantitative estimate of drug-likeness (QED) is 0.702. The average molecular weight is 333 g/mol. The number of Topliss-reactive ketones (excluding diaryl/α,β-unsaturated/α-hetero) is 1. The topological polar surface area (TPSA) is 99.8 Å². The van der Waals surface area contributed by atoms with Gasteiger partial charge in [0, 0.05) is 42.2 Å². The number of hydrogen-bond acceptors (Lipinski definition) is 5. The Morgan fingerprint density at radius 2 is 1.96 bits per heavy atom. The lowest BCUT2D eigenvalue weighted by Gasteiger charge is -2.13. The number of nitrogen functional groups attached to an aromatic ring is 2. The van der Waals surface area contributed by atoms with Crippen LogP contribution in [0.2, 0.25) is 0 Å². The van der Waals surface area contributed by atoms with Gasteiger partial charge in [-0.3, -0.25) is 4.79 Å². The van der Waals surface area contributed by atoms with Gasteiger partial charge in [0.2, 0.25) is 5.95 Å². The Morgan fingerprint density at radius 1 is 1.12 bits per heavy atom. The minimum atomic E-state index is 0.169. The van der Waals surface area contributed by atoms with Crippen LogP contribution in [0.4, 0.5) is 11.6 Å². The molecule has 2 heterocycles. The van der Waals surface area contributed by atoms with Crippen molar-refractivity contribution in [2.75, 3.05) is 11.5 Å². The van der Waals surface area contributed by atoms with Gasteiger partial charge >= 0.3 is 0 Å². The van der Waals surface area contributed by atoms with E-state index >= 15 is 0 Å². The lowest BCUT2D eigenvalue weighted by molar-refractivity contribution is 0.0972. The van der Waals surface area contributed by atoms with Gasteiger partial charge in [-0.15, -0.1) is 0 Å². The zero-order valence-corrected chi connectivity index (χ0v) is 14.0. The van der Waals surface area contributed by atoms with E-state index in [4.69, 9.17) is 11.5 Å². The first kappa shape index (κ1) is 15.4. The molecule has 126 valence electrons. The third-order valence-corrected chi connectivity index (χ3v) is 4.70. The van der Waals surface area contributed by atoms with Gasteiger partial charge in [0.25, 0.3) is 0 Å². The van der Waals surface area contributed by atoms with Crippen LogP contribution in [0.15, 0.2) is 36.5 Å². The Hall–Kier alpha value is -3.15. The van der Waals surface area contributed by atoms with Crippen molar-refractivity contribution in [3.63, 3.8) is 0 Å². The molecule has 0 spiro atoms. The predicted molar refractivity (Wildman–Crippen MR) is 98.0 cm³/mol. The predicted octanol–water partition coefficient (Wildman–Crippen LogP) is 2.83. The summed E-state index contributed by atoms with van der Waals surface area (Å²) in [7, 11) is 1.97. The van der Waals surface area contributed by atoms with E-state index in [2.05, 4.69) is 14.5 Å². The van der Waals surface area contributed by atoms with Gasteiger partial charge < -0.3 is 16.0 Å². The molecule has 1 aromatic carbocycles. The van der Waals surface area contributed by atoms with Crippen LogP contribution in [0.3, 0.4) is 0 Å². The smallest absolute Gasteiger partial charge is 0.220 e. The molecule has 0 saturated carbocycles. The maximum Gasteiger partial charge on any atom is 0.220 e. The van der Waals surface area contributed by atoms with Crippen molar-refractivity contribution in [3.8, 4) is 22.5 Å². The van der Waals surface area contributed by atoms with E-state index in [-0.39, 0.29) is 11.7 Å². The number of ketones is 1. The molecule has 0 radical (unpaired) electrons. The number of anilines is 2. The fourth-order valence-electron chi connectivity index (χ4n) is 3.65. The molecule has 6 heteroatoms. The van der Waals surface area contributed by atoms with Crippen LogP contribution in [0, 0.1) is 0 Å². The van der Waals surface area contributed by atoms with Gasteiger partial charge in [0.15, 0.2) is 5.78 Å². The molecule has 0 atom stereocenters. The number of aromatic nitrogens is 3. The first-order valence-electron chi connectivity index (χ1n) is 8.26. The Labute approximate surface area is 145 Å². The molecule has 0 bridgehead atoms. The maximum absolute atomic E-state index is 12.7. The fraction of sp³-hybridized carbons (Fsp3) is 0.211. The summed E-state index contributed by atoms with van der Waals surface area (Å²) in [6, 6.07) is 9.42. The average Bonchev–Trinajstić information content (AvgIpc) is 2.89. The van der Waals surface area contributed by atoms with Gasteiger partial charge in [-0.25, -0.2) is 9.97 Å². The van der Waals surface area contributed by atoms with Crippen molar-refractivity contribution in [3.05, 3.63) is 47.8 Å². The first-order valence-corrected chi connectivity index (χ1v) is 8.26. The lowest BCUT2D eigenvalue weighted by Crippen LogP contribution is -2.12. The first-order chi connectivity index (χ1) is 12.1. The fourth-order valence-corrected chi connectivity index (χ4v) is 3.65. The Morgan fingerprint density at radius 3 is 2.72 bits per heavy atom. The zero-order chi connectivity index (χ0) is 17.6. The number of nitrogens with zero attached hydrogens (tertiary/aromatic N) is 3. The van der Waals surface area contributed by atoms with Crippen molar-refractivity contribution in [1.29, 1.82) is 0 Å². The van der Waals surface area contributed by atoms with Gasteiger partial charge in [0.05, 0.1) is 11.4 Å². The Bertz CT molecular complexity index is 989. The lowest BCUT2D eigenvalue weighted by atomic mass is 9.89. The number of hydrogen-bond donors (Lipinski definition) is 2. The molecule has 1 aliphatic carbocycles. The van der Waals surface area contributed by atoms with Crippen LogP contribution in [0.25, 0.3) is 22.5 Å². The molecule has 6 nitrogen and oxygen atoms in total. The molecule has 3 aromatic rings. The Kier molecular flexibility index (Phi) is 3.53. The Balaban J connectivity index is 2.08. The van der Waals surface area contributed by atoms with Crippen molar-refractivity contribution >= 4 is 17.4 Å². The summed E-state index contributed by atoms with van der Waals surface area (Å²) in [5, 5.41) is 0. The number of fused-ring (bicyclic) bond motifs is 1. The molecule has 25 heavy (non-hydrogen) atoms. The molecule has 4 N–H and O–H groups in total. The van der Waals surface area contributed by atoms with E-state index in [0.717, 1.165) is 40.9 Å². The molecule has 0 aliphatic heterocycles. The highest BCUT2D eigenvalue weighted by Gasteiger charge is 2.30. The molecule has 0 unspecified atom stereocenters. The van der Waals surface area contributed by atoms with Crippen molar-refractivity contribution in [1.82, 2.24) is 14.5 Å². The van der Waals surface area contributed by atoms with Crippen LogP contribution < -0.4 is 11.5 Å². The second-order valence-corrected chi connectivity index (χ2v) is 6.31. The van der Waals surface area contributed by atoms with Gasteiger partial charge in [-0.2, -0.15) is 0 Å². The van der Waals surface area contributed by atoms with E-state index in [1.54, 1.807) is 6.20 Å². The molecule has 1 aliphatic rings. The van der Waals surface area contributed by atoms with Gasteiger partial charge in [0.1, 0.15) is 0 Å². The van der Waals surface area contributed by atoms with Crippen LogP contribution >= 0.6 is 0 Å². The van der Waals surface area contributed by atoms with Crippen molar-refractivity contribution < 1.29 is 4.79 Å². The summed E-state index contributed by atoms with van der Waals surface area (Å²) in [6.45, 7) is 0. The third kappa shape index (κ3) is 2.46. The van der Waals surface area contributed by atoms with Crippen LogP contribution in [0.5, 0.6) is 0 Å². The summed E-state index contributed by atoms with van der Waals surface area (Å²) < 4.78 is 2.06. The van der Waals surface area contributed by atoms with E-state index in [9.17, 15) is 4.79 Å². The number of carbonyl (C=O) groups excluding carboxylic acids is 1. The minimum Gasteiger partial charge on any atom is -0.399 e. The summed E-state index contributed by atoms with van der Waals surface area (Å²) >= 11 is 0. The van der Waals surface area contributed by atoms with Crippen molar-refractivity contribution in [2.45, 2.75) is 19.3 Å². The van der Waals surface area contributed by atoms with Crippen LogP contribution in [-0.2, 0) is 13.5 Å². The van der Waals surface area contributed by atoms with Gasteiger partial charge in [-0.1, -0.05) is 12.1 Å². The minimum absolute atomic E-state index is 0.169. The van der Waals surface area contributed by atoms with E-state index < -0.39 is 0 Å². The zero-order valence-electron chi connectivity index (χ0n) is 14.0. The number of rotatable bonds is 2. The molecule has 0 fully saturated rings. The standard InChI is InChI=1S/C19H19N5O/c1-24-14-6-3-7-15(25)17(14)16(11-4-2-5-12(20)10-11)18(24)13-8-9-22-19(21)23-13/h2,4-5,8-10H,3,6-7,20H2,1H3,(H2,21,22,23). The number of carbonyl (C=O) groups is 1. The molecular formula is C19H19N5O. The normalized spacial score (nSPS) is 13.7. The van der Waals surface area contributed by atoms with Crippen molar-refractivity contribution in [2.24, 2.45) is 7.05 Å². The largest absolute Gasteiger partial charge is 0.399 e. The highest BCUT2D eigenvalue weighted by molar-refractivity contribution is 6.08. The molecular weight excluding hydrogens is 314 g/mol. The molecule has 0 amide bonds. The summed E-state index contributed by atoms with van der Waals surface area (Å²) in [4.78, 5) is 21.1. The third-order valence-electron chi connectivity index (χ3n) is 4.70. The summed E-state index contributed by atoms with van der Waals surface area (Å²) in [5.41, 5.74) is 17.6. The second-order valence-electron chi connectivity index (χ2n) is 6.31. The highest BCUT2D eigenvalue weighted by Crippen LogP contribution is 2.41.